The first-order valence-electron chi connectivity index (χ1n) is 8.77. The summed E-state index contributed by atoms with van der Waals surface area (Å²) in [6, 6.07) is 0. The molecule has 0 amide bonds. The molecule has 0 aliphatic carbocycles. The molecule has 1 aromatic rings. The first-order chi connectivity index (χ1) is 11.4. The highest BCUT2D eigenvalue weighted by molar-refractivity contribution is 14.0. The lowest BCUT2D eigenvalue weighted by Gasteiger charge is -2.34. The van der Waals surface area contributed by atoms with Crippen LogP contribution >= 0.6 is 24.0 Å². The molecule has 0 saturated carbocycles. The summed E-state index contributed by atoms with van der Waals surface area (Å²) >= 11 is 0. The third-order valence-electron chi connectivity index (χ3n) is 3.83. The van der Waals surface area contributed by atoms with E-state index >= 15 is 0 Å². The van der Waals surface area contributed by atoms with Gasteiger partial charge in [0, 0.05) is 44.0 Å². The van der Waals surface area contributed by atoms with E-state index < -0.39 is 0 Å². The fraction of sp³-hybridized carbons (Fsp3) is 0.765. The number of halogens is 1. The standard InChI is InChI=1S/C17H32N6O.HI/c1-6-18-16(19-7-8-20-17(2,3)4)23-9-10-24-15(13-23)14-11-21-22(5)12-14;/h11-12,15,20H,6-10,13H2,1-5H3,(H,18,19);1H. The molecule has 7 nitrogen and oxygen atoms in total. The average Bonchev–Trinajstić information content (AvgIpc) is 2.96. The average molecular weight is 464 g/mol. The van der Waals surface area contributed by atoms with E-state index in [9.17, 15) is 0 Å². The van der Waals surface area contributed by atoms with Crippen molar-refractivity contribution in [2.24, 2.45) is 12.0 Å². The number of nitrogens with one attached hydrogen (secondary N) is 2. The summed E-state index contributed by atoms with van der Waals surface area (Å²) in [5.74, 6) is 0.963. The molecule has 0 radical (unpaired) electrons. The third kappa shape index (κ3) is 7.49. The second-order valence-corrected chi connectivity index (χ2v) is 7.17. The maximum absolute atomic E-state index is 5.92. The largest absolute Gasteiger partial charge is 0.370 e. The highest BCUT2D eigenvalue weighted by atomic mass is 127. The molecule has 1 aromatic heterocycles. The van der Waals surface area contributed by atoms with Gasteiger partial charge < -0.3 is 20.3 Å². The number of aliphatic imine (C=N–C) groups is 1. The van der Waals surface area contributed by atoms with Crippen molar-refractivity contribution in [1.82, 2.24) is 25.3 Å². The van der Waals surface area contributed by atoms with E-state index in [0.29, 0.717) is 6.61 Å². The minimum absolute atomic E-state index is 0. The Morgan fingerprint density at radius 2 is 2.20 bits per heavy atom. The number of morpholine rings is 1. The molecule has 0 bridgehead atoms. The molecule has 1 aliphatic heterocycles. The summed E-state index contributed by atoms with van der Waals surface area (Å²) in [6.07, 6.45) is 3.95. The van der Waals surface area contributed by atoms with Crippen molar-refractivity contribution in [3.63, 3.8) is 0 Å². The molecule has 2 rings (SSSR count). The maximum Gasteiger partial charge on any atom is 0.194 e. The van der Waals surface area contributed by atoms with Gasteiger partial charge in [-0.15, -0.1) is 24.0 Å². The lowest BCUT2D eigenvalue weighted by Crippen LogP contribution is -2.48. The van der Waals surface area contributed by atoms with Crippen molar-refractivity contribution in [1.29, 1.82) is 0 Å². The van der Waals surface area contributed by atoms with Gasteiger partial charge in [-0.1, -0.05) is 0 Å². The Balaban J connectivity index is 0.00000312. The van der Waals surface area contributed by atoms with Gasteiger partial charge >= 0.3 is 0 Å². The maximum atomic E-state index is 5.92. The SMILES string of the molecule is CCNC(=NCCNC(C)(C)C)N1CCOC(c2cnn(C)c2)C1.I. The predicted molar refractivity (Wildman–Crippen MR) is 113 cm³/mol. The lowest BCUT2D eigenvalue weighted by molar-refractivity contribution is -0.00803. The summed E-state index contributed by atoms with van der Waals surface area (Å²) in [5, 5.41) is 11.1. The third-order valence-corrected chi connectivity index (χ3v) is 3.83. The van der Waals surface area contributed by atoms with Crippen LogP contribution in [0.4, 0.5) is 0 Å². The molecular formula is C17H33IN6O. The van der Waals surface area contributed by atoms with Gasteiger partial charge in [-0.05, 0) is 27.7 Å². The Bertz CT molecular complexity index is 539. The summed E-state index contributed by atoms with van der Waals surface area (Å²) in [6.45, 7) is 13.4. The van der Waals surface area contributed by atoms with Crippen LogP contribution in [-0.2, 0) is 11.8 Å². The number of nitrogens with zero attached hydrogens (tertiary/aromatic N) is 4. The van der Waals surface area contributed by atoms with Crippen LogP contribution in [0, 0.1) is 0 Å². The topological polar surface area (TPSA) is 66.7 Å². The fourth-order valence-corrected chi connectivity index (χ4v) is 2.67. The molecule has 25 heavy (non-hydrogen) atoms. The molecule has 1 aliphatic rings. The normalized spacial score (nSPS) is 18.8. The zero-order chi connectivity index (χ0) is 17.6. The summed E-state index contributed by atoms with van der Waals surface area (Å²) in [5.41, 5.74) is 1.24. The van der Waals surface area contributed by atoms with E-state index in [1.165, 1.54) is 0 Å². The quantitative estimate of drug-likeness (QED) is 0.301. The molecular weight excluding hydrogens is 431 g/mol. The van der Waals surface area contributed by atoms with Crippen LogP contribution in [0.25, 0.3) is 0 Å². The van der Waals surface area contributed by atoms with Gasteiger partial charge in [0.1, 0.15) is 6.10 Å². The minimum atomic E-state index is 0. The van der Waals surface area contributed by atoms with Crippen molar-refractivity contribution in [2.45, 2.75) is 39.3 Å². The Labute approximate surface area is 168 Å². The highest BCUT2D eigenvalue weighted by Gasteiger charge is 2.25. The Hall–Kier alpha value is -0.870. The molecule has 8 heteroatoms. The number of ether oxygens (including phenoxy) is 1. The summed E-state index contributed by atoms with van der Waals surface area (Å²) < 4.78 is 7.73. The van der Waals surface area contributed by atoms with E-state index in [1.54, 1.807) is 0 Å². The van der Waals surface area contributed by atoms with Crippen LogP contribution in [0.1, 0.15) is 39.4 Å². The van der Waals surface area contributed by atoms with Crippen molar-refractivity contribution in [3.8, 4) is 0 Å². The van der Waals surface area contributed by atoms with Crippen LogP contribution < -0.4 is 10.6 Å². The molecule has 0 aromatic carbocycles. The monoisotopic (exact) mass is 464 g/mol. The van der Waals surface area contributed by atoms with E-state index in [-0.39, 0.29) is 35.6 Å². The number of guanidine groups is 1. The first-order valence-corrected chi connectivity index (χ1v) is 8.77. The summed E-state index contributed by atoms with van der Waals surface area (Å²) in [4.78, 5) is 7.05. The van der Waals surface area contributed by atoms with Crippen LogP contribution in [0.3, 0.4) is 0 Å². The van der Waals surface area contributed by atoms with E-state index in [2.05, 4.69) is 48.3 Å². The van der Waals surface area contributed by atoms with Gasteiger partial charge in [0.05, 0.1) is 25.9 Å². The highest BCUT2D eigenvalue weighted by Crippen LogP contribution is 2.21. The molecule has 1 atom stereocenters. The molecule has 2 heterocycles. The van der Waals surface area contributed by atoms with Crippen LogP contribution in [0.5, 0.6) is 0 Å². The molecule has 1 saturated heterocycles. The van der Waals surface area contributed by atoms with Gasteiger partial charge in [-0.3, -0.25) is 9.67 Å². The first kappa shape index (κ1) is 22.2. The van der Waals surface area contributed by atoms with Crippen molar-refractivity contribution >= 4 is 29.9 Å². The molecule has 1 unspecified atom stereocenters. The fourth-order valence-electron chi connectivity index (χ4n) is 2.67. The Kier molecular flexibility index (Phi) is 9.15. The second kappa shape index (κ2) is 10.3. The van der Waals surface area contributed by atoms with Gasteiger partial charge in [0.15, 0.2) is 5.96 Å². The second-order valence-electron chi connectivity index (χ2n) is 7.17. The molecule has 1 fully saturated rings. The Morgan fingerprint density at radius 1 is 1.44 bits per heavy atom. The van der Waals surface area contributed by atoms with Crippen LogP contribution in [0.2, 0.25) is 0 Å². The van der Waals surface area contributed by atoms with Gasteiger partial charge in [-0.2, -0.15) is 5.10 Å². The molecule has 2 N–H and O–H groups in total. The van der Waals surface area contributed by atoms with E-state index in [1.807, 2.05) is 24.1 Å². The summed E-state index contributed by atoms with van der Waals surface area (Å²) in [7, 11) is 1.93. The zero-order valence-electron chi connectivity index (χ0n) is 16.1. The Morgan fingerprint density at radius 3 is 2.80 bits per heavy atom. The van der Waals surface area contributed by atoms with Crippen LogP contribution in [0.15, 0.2) is 17.4 Å². The van der Waals surface area contributed by atoms with Crippen molar-refractivity contribution < 1.29 is 4.74 Å². The predicted octanol–water partition coefficient (Wildman–Crippen LogP) is 1.76. The van der Waals surface area contributed by atoms with Crippen molar-refractivity contribution in [2.75, 3.05) is 39.3 Å². The number of rotatable bonds is 5. The lowest BCUT2D eigenvalue weighted by atomic mass is 10.1. The smallest absolute Gasteiger partial charge is 0.194 e. The van der Waals surface area contributed by atoms with E-state index in [0.717, 1.165) is 44.2 Å². The number of hydrogen-bond acceptors (Lipinski definition) is 4. The van der Waals surface area contributed by atoms with E-state index in [4.69, 9.17) is 9.73 Å². The number of aromatic nitrogens is 2. The molecule has 0 spiro atoms. The van der Waals surface area contributed by atoms with Gasteiger partial charge in [0.25, 0.3) is 0 Å². The number of aryl methyl sites for hydroxylation is 1. The van der Waals surface area contributed by atoms with Gasteiger partial charge in [0.2, 0.25) is 0 Å². The molecule has 144 valence electrons. The minimum Gasteiger partial charge on any atom is -0.370 e. The van der Waals surface area contributed by atoms with Crippen LogP contribution in [-0.4, -0.2) is 65.5 Å². The zero-order valence-corrected chi connectivity index (χ0v) is 18.4. The van der Waals surface area contributed by atoms with Crippen molar-refractivity contribution in [3.05, 3.63) is 18.0 Å². The number of hydrogen-bond donors (Lipinski definition) is 2. The van der Waals surface area contributed by atoms with Gasteiger partial charge in [-0.25, -0.2) is 0 Å².